The fourth-order valence-corrected chi connectivity index (χ4v) is 2.03. The Morgan fingerprint density at radius 3 is 2.52 bits per heavy atom. The second-order valence-electron chi connectivity index (χ2n) is 4.82. The van der Waals surface area contributed by atoms with Gasteiger partial charge in [-0.3, -0.25) is 9.59 Å². The number of anilines is 1. The van der Waals surface area contributed by atoms with Crippen LogP contribution in [-0.4, -0.2) is 38.0 Å². The molecule has 1 aromatic carbocycles. The molecule has 0 heterocycles. The summed E-state index contributed by atoms with van der Waals surface area (Å²) in [6.45, 7) is 4.40. The van der Waals surface area contributed by atoms with Crippen LogP contribution in [0.3, 0.4) is 0 Å². The van der Waals surface area contributed by atoms with Crippen molar-refractivity contribution in [2.24, 2.45) is 0 Å². The number of hydrogen-bond donors (Lipinski definition) is 3. The van der Waals surface area contributed by atoms with Crippen molar-refractivity contribution in [3.63, 3.8) is 0 Å². The Labute approximate surface area is 134 Å². The van der Waals surface area contributed by atoms with Gasteiger partial charge in [0.2, 0.25) is 0 Å². The molecule has 0 aliphatic carbocycles. The average Bonchev–Trinajstić information content (AvgIpc) is 2.42. The van der Waals surface area contributed by atoms with Crippen molar-refractivity contribution in [3.05, 3.63) is 28.2 Å². The zero-order valence-corrected chi connectivity index (χ0v) is 13.8. The maximum Gasteiger partial charge on any atom is 0.279 e. The molecule has 0 spiro atoms. The lowest BCUT2D eigenvalue weighted by Crippen LogP contribution is -3.15. The van der Waals surface area contributed by atoms with Gasteiger partial charge < -0.3 is 15.5 Å². The summed E-state index contributed by atoms with van der Waals surface area (Å²) in [5.74, 6) is -0.264. The number of rotatable bonds is 6. The van der Waals surface area contributed by atoms with E-state index in [0.29, 0.717) is 22.3 Å². The first-order valence-corrected chi connectivity index (χ1v) is 7.45. The Morgan fingerprint density at radius 2 is 1.95 bits per heavy atom. The van der Waals surface area contributed by atoms with Crippen molar-refractivity contribution in [3.8, 4) is 0 Å². The Kier molecular flexibility index (Phi) is 6.95. The number of benzene rings is 1. The molecule has 0 saturated carbocycles. The van der Waals surface area contributed by atoms with E-state index in [2.05, 4.69) is 10.6 Å². The highest BCUT2D eigenvalue weighted by molar-refractivity contribution is 6.42. The van der Waals surface area contributed by atoms with Gasteiger partial charge in [0.05, 0.1) is 17.1 Å². The van der Waals surface area contributed by atoms with Gasteiger partial charge in [0.25, 0.3) is 11.8 Å². The molecule has 1 unspecified atom stereocenters. The fraction of sp³-hybridized carbons (Fsp3) is 0.429. The maximum atomic E-state index is 12.0. The molecular weight excluding hydrogens is 313 g/mol. The maximum absolute atomic E-state index is 12.0. The number of carbonyl (C=O) groups is 2. The predicted octanol–water partition coefficient (Wildman–Crippen LogP) is 0.971. The molecule has 0 aliphatic rings. The van der Waals surface area contributed by atoms with Gasteiger partial charge in [-0.05, 0) is 32.0 Å². The number of amides is 2. The third-order valence-electron chi connectivity index (χ3n) is 3.13. The van der Waals surface area contributed by atoms with E-state index in [9.17, 15) is 9.59 Å². The molecule has 0 aromatic heterocycles. The highest BCUT2D eigenvalue weighted by Gasteiger charge is 2.23. The van der Waals surface area contributed by atoms with Gasteiger partial charge in [0.15, 0.2) is 12.6 Å². The normalized spacial score (nSPS) is 13.4. The molecular formula is C14H20Cl2N3O2+. The lowest BCUT2D eigenvalue weighted by Gasteiger charge is -2.20. The third kappa shape index (κ3) is 5.53. The first-order chi connectivity index (χ1) is 9.85. The predicted molar refractivity (Wildman–Crippen MR) is 85.0 cm³/mol. The Morgan fingerprint density at radius 1 is 1.29 bits per heavy atom. The molecule has 0 saturated heterocycles. The Balaban J connectivity index is 2.56. The highest BCUT2D eigenvalue weighted by atomic mass is 35.5. The van der Waals surface area contributed by atoms with E-state index < -0.39 is 0 Å². The van der Waals surface area contributed by atoms with Gasteiger partial charge in [-0.2, -0.15) is 0 Å². The summed E-state index contributed by atoms with van der Waals surface area (Å²) >= 11 is 11.7. The van der Waals surface area contributed by atoms with Gasteiger partial charge in [-0.15, -0.1) is 0 Å². The van der Waals surface area contributed by atoms with Crippen molar-refractivity contribution >= 4 is 40.7 Å². The summed E-state index contributed by atoms with van der Waals surface area (Å²) in [4.78, 5) is 24.5. The molecule has 21 heavy (non-hydrogen) atoms. The Bertz CT molecular complexity index is 523. The first kappa shape index (κ1) is 17.8. The summed E-state index contributed by atoms with van der Waals surface area (Å²) < 4.78 is 0. The van der Waals surface area contributed by atoms with Crippen LogP contribution in [0.15, 0.2) is 18.2 Å². The van der Waals surface area contributed by atoms with Crippen molar-refractivity contribution in [1.82, 2.24) is 5.32 Å². The fourth-order valence-electron chi connectivity index (χ4n) is 1.74. The zero-order chi connectivity index (χ0) is 16.0. The summed E-state index contributed by atoms with van der Waals surface area (Å²) in [7, 11) is 1.80. The molecule has 0 aliphatic heterocycles. The van der Waals surface area contributed by atoms with E-state index in [-0.39, 0.29) is 24.4 Å². The molecule has 5 nitrogen and oxygen atoms in total. The first-order valence-electron chi connectivity index (χ1n) is 6.70. The molecule has 1 rings (SSSR count). The van der Waals surface area contributed by atoms with Gasteiger partial charge in [-0.25, -0.2) is 0 Å². The van der Waals surface area contributed by atoms with Crippen molar-refractivity contribution in [1.29, 1.82) is 0 Å². The molecule has 0 radical (unpaired) electrons. The van der Waals surface area contributed by atoms with Crippen LogP contribution in [0.4, 0.5) is 5.69 Å². The van der Waals surface area contributed by atoms with E-state index in [1.165, 1.54) is 0 Å². The summed E-state index contributed by atoms with van der Waals surface area (Å²) in [5, 5.41) is 6.28. The number of quaternary nitrogens is 1. The quantitative estimate of drug-likeness (QED) is 0.727. The van der Waals surface area contributed by atoms with Crippen molar-refractivity contribution in [2.75, 3.05) is 25.5 Å². The minimum absolute atomic E-state index is 0.0719. The molecule has 1 aromatic rings. The minimum atomic E-state index is -0.301. The SMILES string of the molecule is CCNC(=O)[C@@H](C)[NH+](C)CC(=O)Nc1ccc(Cl)c(Cl)c1. The van der Waals surface area contributed by atoms with E-state index in [4.69, 9.17) is 23.2 Å². The van der Waals surface area contributed by atoms with Crippen LogP contribution in [0.2, 0.25) is 10.0 Å². The molecule has 3 N–H and O–H groups in total. The van der Waals surface area contributed by atoms with Gasteiger partial charge in [0.1, 0.15) is 0 Å². The van der Waals surface area contributed by atoms with Gasteiger partial charge >= 0.3 is 0 Å². The van der Waals surface area contributed by atoms with Crippen LogP contribution in [-0.2, 0) is 9.59 Å². The molecule has 2 atom stereocenters. The monoisotopic (exact) mass is 332 g/mol. The second-order valence-corrected chi connectivity index (χ2v) is 5.63. The zero-order valence-electron chi connectivity index (χ0n) is 12.3. The van der Waals surface area contributed by atoms with Crippen LogP contribution in [0, 0.1) is 0 Å². The number of carbonyl (C=O) groups excluding carboxylic acids is 2. The number of likely N-dealkylation sites (N-methyl/N-ethyl adjacent to an activating group) is 2. The summed E-state index contributed by atoms with van der Waals surface area (Å²) in [5.41, 5.74) is 0.577. The summed E-state index contributed by atoms with van der Waals surface area (Å²) in [6.07, 6.45) is 0. The smallest absolute Gasteiger partial charge is 0.279 e. The molecule has 0 fully saturated rings. The van der Waals surface area contributed by atoms with Crippen LogP contribution in [0.25, 0.3) is 0 Å². The minimum Gasteiger partial charge on any atom is -0.351 e. The lowest BCUT2D eigenvalue weighted by molar-refractivity contribution is -0.885. The van der Waals surface area contributed by atoms with E-state index in [1.807, 2.05) is 6.92 Å². The summed E-state index contributed by atoms with van der Waals surface area (Å²) in [6, 6.07) is 4.58. The lowest BCUT2D eigenvalue weighted by atomic mass is 10.2. The number of nitrogens with one attached hydrogen (secondary N) is 3. The van der Waals surface area contributed by atoms with Gasteiger partial charge in [-0.1, -0.05) is 23.2 Å². The second kappa shape index (κ2) is 8.22. The standard InChI is InChI=1S/C14H19Cl2N3O2/c1-4-17-14(21)9(2)19(3)8-13(20)18-10-5-6-11(15)12(16)7-10/h5-7,9H,4,8H2,1-3H3,(H,17,21)(H,18,20)/p+1/t9-/m1/s1. The van der Waals surface area contributed by atoms with Crippen molar-refractivity contribution < 1.29 is 14.5 Å². The van der Waals surface area contributed by atoms with Crippen LogP contribution >= 0.6 is 23.2 Å². The number of halogens is 2. The molecule has 7 heteroatoms. The third-order valence-corrected chi connectivity index (χ3v) is 3.87. The van der Waals surface area contributed by atoms with E-state index in [1.54, 1.807) is 32.2 Å². The average molecular weight is 333 g/mol. The van der Waals surface area contributed by atoms with E-state index in [0.717, 1.165) is 4.90 Å². The largest absolute Gasteiger partial charge is 0.351 e. The van der Waals surface area contributed by atoms with Gasteiger partial charge in [0, 0.05) is 12.2 Å². The molecule has 2 amide bonds. The molecule has 116 valence electrons. The van der Waals surface area contributed by atoms with Crippen LogP contribution in [0.5, 0.6) is 0 Å². The van der Waals surface area contributed by atoms with Crippen LogP contribution < -0.4 is 15.5 Å². The highest BCUT2D eigenvalue weighted by Crippen LogP contribution is 2.24. The topological polar surface area (TPSA) is 62.6 Å². The number of hydrogen-bond acceptors (Lipinski definition) is 2. The van der Waals surface area contributed by atoms with Crippen molar-refractivity contribution in [2.45, 2.75) is 19.9 Å². The van der Waals surface area contributed by atoms with Crippen LogP contribution in [0.1, 0.15) is 13.8 Å². The molecule has 0 bridgehead atoms. The van der Waals surface area contributed by atoms with E-state index >= 15 is 0 Å². The Hall–Kier alpha value is -1.30.